The van der Waals surface area contributed by atoms with Gasteiger partial charge in [0.2, 0.25) is 0 Å². The number of aromatic nitrogens is 1. The molecule has 6 nitrogen and oxygen atoms in total. The fourth-order valence-electron chi connectivity index (χ4n) is 9.38. The van der Waals surface area contributed by atoms with Gasteiger partial charge < -0.3 is 10.1 Å². The molecule has 1 heterocycles. The van der Waals surface area contributed by atoms with E-state index in [1.807, 2.05) is 18.2 Å². The molecule has 1 amide bonds. The van der Waals surface area contributed by atoms with E-state index >= 15 is 0 Å². The molecule has 3 saturated carbocycles. The summed E-state index contributed by atoms with van der Waals surface area (Å²) in [5, 5.41) is 17.0. The highest BCUT2D eigenvalue weighted by atomic mass is 16.3. The summed E-state index contributed by atoms with van der Waals surface area (Å²) in [6.07, 6.45) is 17.0. The number of terminal acetylenes is 1. The molecule has 0 radical (unpaired) electrons. The van der Waals surface area contributed by atoms with Gasteiger partial charge in [0, 0.05) is 21.7 Å². The first-order valence-corrected chi connectivity index (χ1v) is 15.2. The standard InChI is InChI=1S/C35H37N3O3/c1-3-34-18-16-24-23-15-13-22(20-21(23)12-14-25(24)29(34)17-19-35(34,41)4-2)37-38-33(40)28-10-7-9-27-31(28)36-30-11-6-5-8-26(30)32(27)39/h2,5-11,20,23-25,29,41H,3,12-19H2,1H3,(H,36,39)(H,38,40)/b37-22+/t23?,24-,25-,29+,34+,35+/m1/s1. The molecule has 7 rings (SSSR count). The van der Waals surface area contributed by atoms with Gasteiger partial charge in [0.25, 0.3) is 5.91 Å². The van der Waals surface area contributed by atoms with Crippen molar-refractivity contribution in [2.24, 2.45) is 34.2 Å². The van der Waals surface area contributed by atoms with Crippen molar-refractivity contribution < 1.29 is 9.90 Å². The molecule has 3 fully saturated rings. The third-order valence-corrected chi connectivity index (χ3v) is 11.3. The molecular formula is C35H37N3O3. The predicted octanol–water partition coefficient (Wildman–Crippen LogP) is 6.09. The largest absolute Gasteiger partial charge is 0.377 e. The summed E-state index contributed by atoms with van der Waals surface area (Å²) in [6, 6.07) is 12.6. The van der Waals surface area contributed by atoms with Crippen LogP contribution in [-0.2, 0) is 0 Å². The molecule has 6 atom stereocenters. The van der Waals surface area contributed by atoms with Crippen LogP contribution in [0.15, 0.2) is 64.0 Å². The predicted molar refractivity (Wildman–Crippen MR) is 162 cm³/mol. The zero-order valence-electron chi connectivity index (χ0n) is 23.6. The summed E-state index contributed by atoms with van der Waals surface area (Å²) in [7, 11) is 0. The molecule has 1 aromatic heterocycles. The van der Waals surface area contributed by atoms with E-state index in [1.54, 1.807) is 24.3 Å². The Bertz CT molecular complexity index is 1730. The van der Waals surface area contributed by atoms with Gasteiger partial charge in [-0.15, -0.1) is 6.42 Å². The number of aromatic amines is 1. The summed E-state index contributed by atoms with van der Waals surface area (Å²) in [5.74, 6) is 4.81. The number of para-hydroxylation sites is 2. The smallest absolute Gasteiger partial charge is 0.273 e. The van der Waals surface area contributed by atoms with E-state index in [0.29, 0.717) is 51.0 Å². The number of fused-ring (bicyclic) bond motifs is 7. The van der Waals surface area contributed by atoms with Crippen LogP contribution >= 0.6 is 0 Å². The van der Waals surface area contributed by atoms with E-state index < -0.39 is 5.60 Å². The maximum absolute atomic E-state index is 13.3. The second kappa shape index (κ2) is 9.70. The number of benzene rings is 2. The molecule has 4 aliphatic carbocycles. The van der Waals surface area contributed by atoms with Gasteiger partial charge in [-0.25, -0.2) is 5.43 Å². The lowest BCUT2D eigenvalue weighted by Gasteiger charge is -2.56. The quantitative estimate of drug-likeness (QED) is 0.210. The van der Waals surface area contributed by atoms with Gasteiger partial charge in [0.05, 0.1) is 16.8 Å². The van der Waals surface area contributed by atoms with Gasteiger partial charge in [-0.05, 0) is 112 Å². The Morgan fingerprint density at radius 3 is 2.73 bits per heavy atom. The van der Waals surface area contributed by atoms with E-state index in [4.69, 9.17) is 6.42 Å². The monoisotopic (exact) mass is 547 g/mol. The van der Waals surface area contributed by atoms with Crippen molar-refractivity contribution >= 4 is 33.4 Å². The molecule has 3 N–H and O–H groups in total. The topological polar surface area (TPSA) is 94.6 Å². The highest BCUT2D eigenvalue weighted by Gasteiger charge is 2.63. The average molecular weight is 548 g/mol. The summed E-state index contributed by atoms with van der Waals surface area (Å²) in [6.45, 7) is 2.21. The maximum atomic E-state index is 13.3. The molecule has 210 valence electrons. The van der Waals surface area contributed by atoms with E-state index in [0.717, 1.165) is 63.5 Å². The van der Waals surface area contributed by atoms with E-state index in [-0.39, 0.29) is 16.8 Å². The minimum absolute atomic E-state index is 0.0885. The summed E-state index contributed by atoms with van der Waals surface area (Å²) >= 11 is 0. The van der Waals surface area contributed by atoms with Gasteiger partial charge in [0.1, 0.15) is 5.60 Å². The molecule has 0 saturated heterocycles. The minimum atomic E-state index is -0.956. The molecule has 0 aliphatic heterocycles. The fraction of sp³-hybridized carbons (Fsp3) is 0.457. The molecule has 41 heavy (non-hydrogen) atoms. The summed E-state index contributed by atoms with van der Waals surface area (Å²) in [5.41, 5.74) is 5.60. The van der Waals surface area contributed by atoms with Gasteiger partial charge in [0.15, 0.2) is 5.43 Å². The number of allylic oxidation sites excluding steroid dienone is 2. The van der Waals surface area contributed by atoms with Gasteiger partial charge in [-0.1, -0.05) is 36.6 Å². The minimum Gasteiger partial charge on any atom is -0.377 e. The van der Waals surface area contributed by atoms with Crippen LogP contribution in [0.4, 0.5) is 0 Å². The van der Waals surface area contributed by atoms with Crippen molar-refractivity contribution in [2.45, 2.75) is 70.3 Å². The van der Waals surface area contributed by atoms with Crippen LogP contribution in [0.2, 0.25) is 0 Å². The molecule has 4 aliphatic rings. The number of hydrazone groups is 1. The van der Waals surface area contributed by atoms with E-state index in [9.17, 15) is 14.7 Å². The highest BCUT2D eigenvalue weighted by molar-refractivity contribution is 6.08. The number of carbonyl (C=O) groups excluding carboxylic acids is 1. The second-order valence-corrected chi connectivity index (χ2v) is 12.7. The number of nitrogens with zero attached hydrogens (tertiary/aromatic N) is 1. The molecule has 2 aromatic carbocycles. The zero-order chi connectivity index (χ0) is 28.4. The Morgan fingerprint density at radius 1 is 1.07 bits per heavy atom. The number of rotatable bonds is 3. The lowest BCUT2D eigenvalue weighted by atomic mass is 9.49. The van der Waals surface area contributed by atoms with Crippen molar-refractivity contribution in [3.63, 3.8) is 0 Å². The van der Waals surface area contributed by atoms with Crippen molar-refractivity contribution in [1.29, 1.82) is 0 Å². The number of carbonyl (C=O) groups is 1. The SMILES string of the molecule is C#C[C@]1(O)CC[C@H]2[C@@H]3CCC4=C/C(=N/NC(=O)c5cccc6c(=O)c7ccccc7[nH]c56)CCC4[C@H]3CC[C@@]21CC. The Morgan fingerprint density at radius 2 is 1.90 bits per heavy atom. The van der Waals surface area contributed by atoms with Crippen LogP contribution < -0.4 is 10.9 Å². The van der Waals surface area contributed by atoms with E-state index in [2.05, 4.69) is 34.4 Å². The van der Waals surface area contributed by atoms with Crippen LogP contribution in [0, 0.1) is 41.4 Å². The number of H-pyrrole nitrogens is 1. The Kier molecular flexibility index (Phi) is 6.21. The fourth-order valence-corrected chi connectivity index (χ4v) is 9.38. The molecule has 0 bridgehead atoms. The van der Waals surface area contributed by atoms with Crippen LogP contribution in [0.3, 0.4) is 0 Å². The maximum Gasteiger partial charge on any atom is 0.273 e. The number of nitrogens with one attached hydrogen (secondary N) is 2. The first-order chi connectivity index (χ1) is 19.9. The Balaban J connectivity index is 1.11. The second-order valence-electron chi connectivity index (χ2n) is 12.7. The number of aliphatic hydroxyl groups is 1. The van der Waals surface area contributed by atoms with Crippen molar-refractivity contribution in [3.05, 3.63) is 69.9 Å². The van der Waals surface area contributed by atoms with Crippen LogP contribution in [0.5, 0.6) is 0 Å². The normalized spacial score (nSPS) is 33.5. The molecule has 6 heteroatoms. The third kappa shape index (κ3) is 3.85. The molecule has 0 spiro atoms. The lowest BCUT2D eigenvalue weighted by molar-refractivity contribution is -0.0989. The van der Waals surface area contributed by atoms with Crippen molar-refractivity contribution in [1.82, 2.24) is 10.4 Å². The number of hydrogen-bond donors (Lipinski definition) is 3. The number of amides is 1. The van der Waals surface area contributed by atoms with E-state index in [1.165, 1.54) is 5.57 Å². The van der Waals surface area contributed by atoms with Crippen molar-refractivity contribution in [2.75, 3.05) is 0 Å². The molecular weight excluding hydrogens is 510 g/mol. The van der Waals surface area contributed by atoms with Crippen LogP contribution in [-0.4, -0.2) is 27.3 Å². The molecule has 3 aromatic rings. The van der Waals surface area contributed by atoms with Gasteiger partial charge >= 0.3 is 0 Å². The van der Waals surface area contributed by atoms with Crippen LogP contribution in [0.25, 0.3) is 21.8 Å². The first-order valence-electron chi connectivity index (χ1n) is 15.2. The highest BCUT2D eigenvalue weighted by Crippen LogP contribution is 2.66. The zero-order valence-corrected chi connectivity index (χ0v) is 23.6. The Hall–Kier alpha value is -3.69. The lowest BCUT2D eigenvalue weighted by Crippen LogP contribution is -2.53. The Labute approximate surface area is 240 Å². The number of pyridine rings is 1. The summed E-state index contributed by atoms with van der Waals surface area (Å²) in [4.78, 5) is 29.6. The first kappa shape index (κ1) is 26.2. The number of hydrogen-bond acceptors (Lipinski definition) is 4. The molecule has 1 unspecified atom stereocenters. The third-order valence-electron chi connectivity index (χ3n) is 11.3. The van der Waals surface area contributed by atoms with Gasteiger partial charge in [-0.2, -0.15) is 5.10 Å². The van der Waals surface area contributed by atoms with Crippen LogP contribution in [0.1, 0.15) is 75.1 Å². The average Bonchev–Trinajstić information content (AvgIpc) is 3.32. The summed E-state index contributed by atoms with van der Waals surface area (Å²) < 4.78 is 0. The van der Waals surface area contributed by atoms with Gasteiger partial charge in [-0.3, -0.25) is 9.59 Å². The van der Waals surface area contributed by atoms with Crippen molar-refractivity contribution in [3.8, 4) is 12.3 Å².